The second-order valence-corrected chi connectivity index (χ2v) is 7.24. The molecule has 1 amide bonds. The van der Waals surface area contributed by atoms with Gasteiger partial charge in [0, 0.05) is 18.6 Å². The minimum atomic E-state index is -0.435. The minimum Gasteiger partial charge on any atom is -0.484 e. The van der Waals surface area contributed by atoms with Crippen molar-refractivity contribution >= 4 is 45.7 Å². The van der Waals surface area contributed by atoms with Crippen molar-refractivity contribution in [3.8, 4) is 5.75 Å². The van der Waals surface area contributed by atoms with E-state index in [2.05, 4.69) is 20.5 Å². The molecule has 136 valence electrons. The van der Waals surface area contributed by atoms with E-state index in [-0.39, 0.29) is 23.3 Å². The van der Waals surface area contributed by atoms with Gasteiger partial charge in [-0.2, -0.15) is 0 Å². The highest BCUT2D eigenvalue weighted by Crippen LogP contribution is 2.26. The molecule has 0 aliphatic carbocycles. The molecule has 0 saturated carbocycles. The first-order valence-electron chi connectivity index (χ1n) is 7.31. The predicted octanol–water partition coefficient (Wildman–Crippen LogP) is 3.37. The molecule has 0 aliphatic heterocycles. The van der Waals surface area contributed by atoms with Crippen molar-refractivity contribution in [2.45, 2.75) is 11.8 Å². The average molecular weight is 414 g/mol. The lowest BCUT2D eigenvalue weighted by molar-refractivity contribution is -0.113. The van der Waals surface area contributed by atoms with Crippen LogP contribution in [0.4, 0.5) is 9.52 Å². The zero-order chi connectivity index (χ0) is 18.5. The summed E-state index contributed by atoms with van der Waals surface area (Å²) in [6, 6.07) is 3.89. The first-order valence-corrected chi connectivity index (χ1v) is 9.55. The van der Waals surface area contributed by atoms with Gasteiger partial charge in [0.1, 0.15) is 18.2 Å². The van der Waals surface area contributed by atoms with Gasteiger partial charge in [-0.05, 0) is 18.2 Å². The van der Waals surface area contributed by atoms with Crippen LogP contribution in [0.2, 0.25) is 5.02 Å². The summed E-state index contributed by atoms with van der Waals surface area (Å²) in [6.07, 6.45) is 1.62. The van der Waals surface area contributed by atoms with Crippen LogP contribution in [0.3, 0.4) is 0 Å². The summed E-state index contributed by atoms with van der Waals surface area (Å²) in [7, 11) is 1.77. The Labute approximate surface area is 161 Å². The molecular formula is C15H13ClFN5O2S2. The van der Waals surface area contributed by atoms with E-state index >= 15 is 0 Å². The maximum atomic E-state index is 13.0. The lowest BCUT2D eigenvalue weighted by Gasteiger charge is -2.08. The van der Waals surface area contributed by atoms with Gasteiger partial charge in [0.15, 0.2) is 16.1 Å². The number of nitrogens with one attached hydrogen (secondary N) is 1. The number of halogens is 2. The molecule has 0 saturated heterocycles. The summed E-state index contributed by atoms with van der Waals surface area (Å²) in [4.78, 5) is 15.9. The highest BCUT2D eigenvalue weighted by atomic mass is 35.5. The van der Waals surface area contributed by atoms with Crippen molar-refractivity contribution in [3.63, 3.8) is 0 Å². The smallest absolute Gasteiger partial charge is 0.236 e. The molecule has 26 heavy (non-hydrogen) atoms. The molecule has 11 heteroatoms. The Morgan fingerprint density at radius 3 is 3.04 bits per heavy atom. The van der Waals surface area contributed by atoms with Gasteiger partial charge < -0.3 is 14.6 Å². The number of nitrogens with zero attached hydrogens (tertiary/aromatic N) is 4. The fraction of sp³-hybridized carbons (Fsp3) is 0.200. The highest BCUT2D eigenvalue weighted by Gasteiger charge is 2.13. The van der Waals surface area contributed by atoms with Gasteiger partial charge in [-0.3, -0.25) is 4.79 Å². The second-order valence-electron chi connectivity index (χ2n) is 5.00. The summed E-state index contributed by atoms with van der Waals surface area (Å²) < 4.78 is 20.3. The number of thiazole rings is 1. The number of hydrogen-bond donors (Lipinski definition) is 1. The number of ether oxygens (including phenoxy) is 1. The van der Waals surface area contributed by atoms with Crippen molar-refractivity contribution in [2.75, 3.05) is 11.1 Å². The molecule has 0 unspecified atom stereocenters. The van der Waals surface area contributed by atoms with Gasteiger partial charge in [-0.25, -0.2) is 9.37 Å². The molecule has 0 bridgehead atoms. The Hall–Kier alpha value is -2.17. The van der Waals surface area contributed by atoms with Gasteiger partial charge in [-0.1, -0.05) is 23.4 Å². The number of benzene rings is 1. The number of aromatic nitrogens is 4. The van der Waals surface area contributed by atoms with E-state index in [1.54, 1.807) is 23.2 Å². The van der Waals surface area contributed by atoms with E-state index in [1.165, 1.54) is 41.3 Å². The van der Waals surface area contributed by atoms with Crippen LogP contribution in [0.1, 0.15) is 5.82 Å². The number of rotatable bonds is 7. The fourth-order valence-electron chi connectivity index (χ4n) is 1.90. The van der Waals surface area contributed by atoms with Crippen molar-refractivity contribution in [1.29, 1.82) is 0 Å². The summed E-state index contributed by atoms with van der Waals surface area (Å²) in [5.41, 5.74) is 0. The third-order valence-electron chi connectivity index (χ3n) is 3.19. The molecule has 0 aliphatic rings. The summed E-state index contributed by atoms with van der Waals surface area (Å²) in [5.74, 6) is 0.469. The molecule has 0 atom stereocenters. The molecule has 0 spiro atoms. The van der Waals surface area contributed by atoms with Crippen LogP contribution in [0.5, 0.6) is 5.75 Å². The molecule has 1 N–H and O–H groups in total. The van der Waals surface area contributed by atoms with Crippen molar-refractivity contribution in [2.24, 2.45) is 7.05 Å². The van der Waals surface area contributed by atoms with Crippen molar-refractivity contribution < 1.29 is 13.9 Å². The maximum Gasteiger partial charge on any atom is 0.236 e. The number of amides is 1. The normalized spacial score (nSPS) is 10.7. The summed E-state index contributed by atoms with van der Waals surface area (Å²) >= 11 is 8.52. The Kier molecular flexibility index (Phi) is 6.07. The SMILES string of the molecule is Cn1c(COc2ccc(F)cc2Cl)nnc1SCC(=O)Nc1nccs1. The summed E-state index contributed by atoms with van der Waals surface area (Å²) in [5, 5.41) is 13.9. The fourth-order valence-corrected chi connectivity index (χ4v) is 3.40. The topological polar surface area (TPSA) is 81.9 Å². The van der Waals surface area contributed by atoms with Crippen LogP contribution in [-0.2, 0) is 18.4 Å². The van der Waals surface area contributed by atoms with Gasteiger partial charge >= 0.3 is 0 Å². The minimum absolute atomic E-state index is 0.112. The zero-order valence-corrected chi connectivity index (χ0v) is 15.9. The van der Waals surface area contributed by atoms with E-state index in [4.69, 9.17) is 16.3 Å². The average Bonchev–Trinajstić information content (AvgIpc) is 3.23. The van der Waals surface area contributed by atoms with E-state index in [9.17, 15) is 9.18 Å². The highest BCUT2D eigenvalue weighted by molar-refractivity contribution is 7.99. The van der Waals surface area contributed by atoms with Crippen LogP contribution < -0.4 is 10.1 Å². The van der Waals surface area contributed by atoms with E-state index < -0.39 is 5.82 Å². The van der Waals surface area contributed by atoms with Gasteiger partial charge in [-0.15, -0.1) is 21.5 Å². The largest absolute Gasteiger partial charge is 0.484 e. The third kappa shape index (κ3) is 4.71. The number of carbonyl (C=O) groups is 1. The molecule has 3 rings (SSSR count). The van der Waals surface area contributed by atoms with Gasteiger partial charge in [0.2, 0.25) is 5.91 Å². The molecular weight excluding hydrogens is 401 g/mol. The molecule has 0 fully saturated rings. The number of carbonyl (C=O) groups excluding carboxylic acids is 1. The number of anilines is 1. The summed E-state index contributed by atoms with van der Waals surface area (Å²) in [6.45, 7) is 0.112. The second kappa shape index (κ2) is 8.47. The van der Waals surface area contributed by atoms with Gasteiger partial charge in [0.05, 0.1) is 10.8 Å². The molecule has 0 radical (unpaired) electrons. The zero-order valence-electron chi connectivity index (χ0n) is 13.5. The number of hydrogen-bond acceptors (Lipinski definition) is 7. The molecule has 7 nitrogen and oxygen atoms in total. The first-order chi connectivity index (χ1) is 12.5. The molecule has 1 aromatic carbocycles. The van der Waals surface area contributed by atoms with E-state index in [1.807, 2.05) is 0 Å². The number of thioether (sulfide) groups is 1. The lowest BCUT2D eigenvalue weighted by atomic mass is 10.3. The lowest BCUT2D eigenvalue weighted by Crippen LogP contribution is -2.14. The Bertz CT molecular complexity index is 904. The van der Waals surface area contributed by atoms with Crippen LogP contribution in [0, 0.1) is 5.82 Å². The molecule has 3 aromatic rings. The molecule has 2 aromatic heterocycles. The monoisotopic (exact) mass is 413 g/mol. The Morgan fingerprint density at radius 1 is 1.46 bits per heavy atom. The molecule has 2 heterocycles. The Morgan fingerprint density at radius 2 is 2.31 bits per heavy atom. The predicted molar refractivity (Wildman–Crippen MR) is 98.2 cm³/mol. The quantitative estimate of drug-likeness (QED) is 0.598. The van der Waals surface area contributed by atoms with Crippen LogP contribution in [-0.4, -0.2) is 31.4 Å². The van der Waals surface area contributed by atoms with E-state index in [0.29, 0.717) is 21.9 Å². The first kappa shape index (κ1) is 18.6. The van der Waals surface area contributed by atoms with E-state index in [0.717, 1.165) is 0 Å². The standard InChI is InChI=1S/C15H13ClFN5O2S2/c1-22-12(7-24-11-3-2-9(17)6-10(11)16)20-21-15(22)26-8-13(23)19-14-18-4-5-25-14/h2-6H,7-8H2,1H3,(H,18,19,23). The van der Waals surface area contributed by atoms with Crippen LogP contribution in [0.15, 0.2) is 34.9 Å². The maximum absolute atomic E-state index is 13.0. The third-order valence-corrected chi connectivity index (χ3v) is 5.19. The Balaban J connectivity index is 1.54. The van der Waals surface area contributed by atoms with Crippen LogP contribution in [0.25, 0.3) is 0 Å². The van der Waals surface area contributed by atoms with Crippen molar-refractivity contribution in [1.82, 2.24) is 19.7 Å². The van der Waals surface area contributed by atoms with Gasteiger partial charge in [0.25, 0.3) is 0 Å². The van der Waals surface area contributed by atoms with Crippen LogP contribution >= 0.6 is 34.7 Å². The van der Waals surface area contributed by atoms with Crippen molar-refractivity contribution in [3.05, 3.63) is 46.4 Å².